The van der Waals surface area contributed by atoms with Gasteiger partial charge in [-0.2, -0.15) is 0 Å². The average Bonchev–Trinajstić information content (AvgIpc) is 3.25. The number of hydrogen-bond acceptors (Lipinski definition) is 4. The Hall–Kier alpha value is -0.610. The lowest BCUT2D eigenvalue weighted by Gasteiger charge is -2.37. The third-order valence-electron chi connectivity index (χ3n) is 5.73. The van der Waals surface area contributed by atoms with Gasteiger partial charge in [0.05, 0.1) is 12.7 Å². The molecule has 0 radical (unpaired) electrons. The lowest BCUT2D eigenvalue weighted by Crippen LogP contribution is -2.54. The average molecular weight is 524 g/mol. The Morgan fingerprint density at radius 1 is 1.24 bits per heavy atom. The van der Waals surface area contributed by atoms with Crippen LogP contribution in [0.2, 0.25) is 0 Å². The molecule has 3 atom stereocenters. The van der Waals surface area contributed by atoms with Crippen LogP contribution in [0.3, 0.4) is 0 Å². The molecular weight excluding hydrogens is 483 g/mol. The normalized spacial score (nSPS) is 23.4. The van der Waals surface area contributed by atoms with Gasteiger partial charge in [0.2, 0.25) is 5.91 Å². The van der Waals surface area contributed by atoms with Gasteiger partial charge >= 0.3 is 0 Å². The Balaban J connectivity index is 0.00000420. The van der Waals surface area contributed by atoms with Gasteiger partial charge in [-0.25, -0.2) is 4.99 Å². The summed E-state index contributed by atoms with van der Waals surface area (Å²) in [6.45, 7) is 8.60. The summed E-state index contributed by atoms with van der Waals surface area (Å²) in [5.74, 6) is 1.47. The highest BCUT2D eigenvalue weighted by atomic mass is 127. The number of hydrogen-bond donors (Lipinski definition) is 1. The van der Waals surface area contributed by atoms with E-state index < -0.39 is 0 Å². The number of ether oxygens (including phenoxy) is 2. The Morgan fingerprint density at radius 3 is 2.62 bits per heavy atom. The standard InChI is InChI=1S/C21H40N4O3.HI/c1-5-7-9-17(6-2)14-22-21(23-15-20(26)24(3)4)25-11-13-28-19(16-25)18-10-8-12-27-18;/h17-19H,5-16H2,1-4H3,(H,22,23);1H. The van der Waals surface area contributed by atoms with E-state index in [-0.39, 0.29) is 48.6 Å². The number of amides is 1. The van der Waals surface area contributed by atoms with Crippen LogP contribution in [0.15, 0.2) is 4.99 Å². The first-order chi connectivity index (χ1) is 13.5. The second-order valence-electron chi connectivity index (χ2n) is 8.13. The van der Waals surface area contributed by atoms with Crippen molar-refractivity contribution < 1.29 is 14.3 Å². The minimum absolute atomic E-state index is 0. The lowest BCUT2D eigenvalue weighted by atomic mass is 9.99. The zero-order valence-electron chi connectivity index (χ0n) is 18.7. The van der Waals surface area contributed by atoms with Crippen LogP contribution in [-0.2, 0) is 14.3 Å². The molecule has 2 heterocycles. The quantitative estimate of drug-likeness (QED) is 0.286. The molecule has 1 N–H and O–H groups in total. The summed E-state index contributed by atoms with van der Waals surface area (Å²) in [7, 11) is 3.54. The first-order valence-electron chi connectivity index (χ1n) is 11.0. The van der Waals surface area contributed by atoms with Crippen molar-refractivity contribution in [3.8, 4) is 0 Å². The number of aliphatic imine (C=N–C) groups is 1. The van der Waals surface area contributed by atoms with E-state index >= 15 is 0 Å². The zero-order chi connectivity index (χ0) is 20.4. The van der Waals surface area contributed by atoms with Gasteiger partial charge in [-0.05, 0) is 25.2 Å². The Bertz CT molecular complexity index is 498. The molecule has 2 rings (SSSR count). The molecule has 1 amide bonds. The van der Waals surface area contributed by atoms with Gasteiger partial charge < -0.3 is 24.6 Å². The maximum atomic E-state index is 12.1. The fourth-order valence-electron chi connectivity index (χ4n) is 3.72. The predicted molar refractivity (Wildman–Crippen MR) is 128 cm³/mol. The number of nitrogens with one attached hydrogen (secondary N) is 1. The summed E-state index contributed by atoms with van der Waals surface area (Å²) in [5, 5.41) is 3.56. The fourth-order valence-corrected chi connectivity index (χ4v) is 3.72. The summed E-state index contributed by atoms with van der Waals surface area (Å²) in [4.78, 5) is 20.6. The second-order valence-corrected chi connectivity index (χ2v) is 8.13. The van der Waals surface area contributed by atoms with E-state index in [1.165, 1.54) is 19.3 Å². The van der Waals surface area contributed by atoms with Crippen LogP contribution < -0.4 is 5.32 Å². The van der Waals surface area contributed by atoms with Gasteiger partial charge in [-0.15, -0.1) is 24.0 Å². The molecule has 8 heteroatoms. The Labute approximate surface area is 194 Å². The highest BCUT2D eigenvalue weighted by Gasteiger charge is 2.32. The van der Waals surface area contributed by atoms with Crippen LogP contribution >= 0.6 is 24.0 Å². The van der Waals surface area contributed by atoms with E-state index in [9.17, 15) is 4.79 Å². The van der Waals surface area contributed by atoms with Crippen LogP contribution in [-0.4, -0.2) is 87.4 Å². The molecule has 7 nitrogen and oxygen atoms in total. The monoisotopic (exact) mass is 524 g/mol. The largest absolute Gasteiger partial charge is 0.375 e. The minimum atomic E-state index is 0. The van der Waals surface area contributed by atoms with Crippen molar-refractivity contribution in [1.29, 1.82) is 0 Å². The first-order valence-corrected chi connectivity index (χ1v) is 11.0. The SMILES string of the molecule is CCCCC(CC)CNC(=NCC(=O)N(C)C)N1CCOC(C2CCCO2)C1.I. The van der Waals surface area contributed by atoms with Crippen molar-refractivity contribution in [2.75, 3.05) is 53.5 Å². The second kappa shape index (κ2) is 14.4. The van der Waals surface area contributed by atoms with Crippen LogP contribution in [0.4, 0.5) is 0 Å². The van der Waals surface area contributed by atoms with Gasteiger partial charge in [0.1, 0.15) is 12.6 Å². The van der Waals surface area contributed by atoms with E-state index in [0.29, 0.717) is 12.5 Å². The predicted octanol–water partition coefficient (Wildman–Crippen LogP) is 2.73. The molecule has 0 aliphatic carbocycles. The number of likely N-dealkylation sites (N-methyl/N-ethyl adjacent to an activating group) is 1. The molecule has 2 saturated heterocycles. The van der Waals surface area contributed by atoms with E-state index in [1.54, 1.807) is 19.0 Å². The van der Waals surface area contributed by atoms with Crippen molar-refractivity contribution in [3.05, 3.63) is 0 Å². The summed E-state index contributed by atoms with van der Waals surface area (Å²) in [6, 6.07) is 0. The molecule has 0 aromatic carbocycles. The number of carbonyl (C=O) groups excluding carboxylic acids is 1. The molecule has 2 aliphatic rings. The molecule has 2 fully saturated rings. The maximum Gasteiger partial charge on any atom is 0.243 e. The van der Waals surface area contributed by atoms with Gasteiger partial charge in [0.15, 0.2) is 5.96 Å². The molecule has 29 heavy (non-hydrogen) atoms. The first kappa shape index (κ1) is 26.4. The van der Waals surface area contributed by atoms with E-state index in [4.69, 9.17) is 9.47 Å². The fraction of sp³-hybridized carbons (Fsp3) is 0.905. The number of halogens is 1. The van der Waals surface area contributed by atoms with E-state index in [1.807, 2.05) is 0 Å². The molecule has 0 aromatic rings. The van der Waals surface area contributed by atoms with Crippen LogP contribution in [0.1, 0.15) is 52.4 Å². The van der Waals surface area contributed by atoms with Crippen LogP contribution in [0.5, 0.6) is 0 Å². The van der Waals surface area contributed by atoms with Crippen molar-refractivity contribution in [1.82, 2.24) is 15.1 Å². The number of nitrogens with zero attached hydrogens (tertiary/aromatic N) is 3. The molecule has 0 bridgehead atoms. The molecule has 2 aliphatic heterocycles. The van der Waals surface area contributed by atoms with Crippen molar-refractivity contribution in [2.24, 2.45) is 10.9 Å². The van der Waals surface area contributed by atoms with Crippen molar-refractivity contribution in [2.45, 2.75) is 64.6 Å². The molecule has 0 aromatic heterocycles. The van der Waals surface area contributed by atoms with E-state index in [0.717, 1.165) is 51.5 Å². The molecule has 170 valence electrons. The van der Waals surface area contributed by atoms with Crippen molar-refractivity contribution >= 4 is 35.8 Å². The summed E-state index contributed by atoms with van der Waals surface area (Å²) < 4.78 is 11.8. The summed E-state index contributed by atoms with van der Waals surface area (Å²) in [6.07, 6.45) is 7.29. The van der Waals surface area contributed by atoms with Gasteiger partial charge in [-0.3, -0.25) is 4.79 Å². The number of guanidine groups is 1. The summed E-state index contributed by atoms with van der Waals surface area (Å²) >= 11 is 0. The van der Waals surface area contributed by atoms with Crippen LogP contribution in [0.25, 0.3) is 0 Å². The number of morpholine rings is 1. The van der Waals surface area contributed by atoms with Gasteiger partial charge in [0.25, 0.3) is 0 Å². The number of rotatable bonds is 9. The number of carbonyl (C=O) groups is 1. The Morgan fingerprint density at radius 2 is 2.00 bits per heavy atom. The molecule has 0 spiro atoms. The summed E-state index contributed by atoms with van der Waals surface area (Å²) in [5.41, 5.74) is 0. The zero-order valence-corrected chi connectivity index (χ0v) is 21.0. The minimum Gasteiger partial charge on any atom is -0.375 e. The highest BCUT2D eigenvalue weighted by Crippen LogP contribution is 2.21. The van der Waals surface area contributed by atoms with Crippen molar-refractivity contribution in [3.63, 3.8) is 0 Å². The van der Waals surface area contributed by atoms with E-state index in [2.05, 4.69) is 29.1 Å². The molecular formula is C21H41IN4O3. The maximum absolute atomic E-state index is 12.1. The van der Waals surface area contributed by atoms with Crippen LogP contribution in [0, 0.1) is 5.92 Å². The number of unbranched alkanes of at least 4 members (excludes halogenated alkanes) is 1. The highest BCUT2D eigenvalue weighted by molar-refractivity contribution is 14.0. The Kier molecular flexibility index (Phi) is 13.1. The topological polar surface area (TPSA) is 66.4 Å². The van der Waals surface area contributed by atoms with Gasteiger partial charge in [0, 0.05) is 40.3 Å². The third-order valence-corrected chi connectivity index (χ3v) is 5.73. The van der Waals surface area contributed by atoms with Gasteiger partial charge in [-0.1, -0.05) is 33.1 Å². The smallest absolute Gasteiger partial charge is 0.243 e. The molecule has 0 saturated carbocycles. The molecule has 3 unspecified atom stereocenters. The third kappa shape index (κ3) is 8.96. The lowest BCUT2D eigenvalue weighted by molar-refractivity contribution is -0.127.